The van der Waals surface area contributed by atoms with E-state index in [1.807, 2.05) is 0 Å². The van der Waals surface area contributed by atoms with Gasteiger partial charge in [-0.15, -0.1) is 0 Å². The van der Waals surface area contributed by atoms with Gasteiger partial charge >= 0.3 is 0 Å². The Labute approximate surface area is 291 Å². The third-order valence-corrected chi connectivity index (χ3v) is 17.0. The summed E-state index contributed by atoms with van der Waals surface area (Å²) >= 11 is 0. The van der Waals surface area contributed by atoms with Gasteiger partial charge in [-0.3, -0.25) is 0 Å². The van der Waals surface area contributed by atoms with Crippen molar-refractivity contribution in [1.29, 1.82) is 0 Å². The van der Waals surface area contributed by atoms with Gasteiger partial charge in [0.1, 0.15) is 0 Å². The third-order valence-electron chi connectivity index (χ3n) is 11.9. The van der Waals surface area contributed by atoms with Crippen molar-refractivity contribution < 1.29 is 22.1 Å². The van der Waals surface area contributed by atoms with Crippen molar-refractivity contribution in [3.05, 3.63) is 0 Å². The quantitative estimate of drug-likeness (QED) is 0.187. The molecule has 0 aliphatic heterocycles. The molecule has 0 aromatic rings. The predicted molar refractivity (Wildman–Crippen MR) is 208 cm³/mol. The van der Waals surface area contributed by atoms with E-state index < -0.39 is 41.6 Å². The largest absolute Gasteiger partial charge is 0.415 e. The van der Waals surface area contributed by atoms with Crippen LogP contribution in [0.4, 0.5) is 0 Å². The van der Waals surface area contributed by atoms with E-state index in [-0.39, 0.29) is 23.2 Å². The first-order valence-corrected chi connectivity index (χ1v) is 36.0. The fourth-order valence-corrected chi connectivity index (χ4v) is 16.5. The molecule has 4 fully saturated rings. The highest BCUT2D eigenvalue weighted by Crippen LogP contribution is 2.70. The van der Waals surface area contributed by atoms with E-state index in [1.165, 1.54) is 38.5 Å². The topological polar surface area (TPSA) is 46.2 Å². The lowest BCUT2D eigenvalue weighted by molar-refractivity contribution is -0.212. The fourth-order valence-electron chi connectivity index (χ4n) is 10.8. The monoisotopic (exact) mass is 728 g/mol. The Hall–Kier alpha value is 0.884. The molecular formula is C36H76O5Si5. The highest BCUT2D eigenvalue weighted by Gasteiger charge is 2.71. The summed E-state index contributed by atoms with van der Waals surface area (Å²) in [6.45, 7) is 41.5. The first-order valence-electron chi connectivity index (χ1n) is 19.0. The molecule has 10 heteroatoms. The summed E-state index contributed by atoms with van der Waals surface area (Å²) in [6.07, 6.45) is 10.5. The average molecular weight is 729 g/mol. The van der Waals surface area contributed by atoms with Gasteiger partial charge in [0, 0.05) is 17.6 Å². The first kappa shape index (κ1) is 39.7. The molecule has 4 saturated carbocycles. The van der Waals surface area contributed by atoms with Crippen LogP contribution in [-0.2, 0) is 22.1 Å². The van der Waals surface area contributed by atoms with Gasteiger partial charge in [-0.1, -0.05) is 13.8 Å². The van der Waals surface area contributed by atoms with E-state index >= 15 is 0 Å². The van der Waals surface area contributed by atoms with Crippen molar-refractivity contribution in [3.8, 4) is 0 Å². The molecule has 5 nitrogen and oxygen atoms in total. The Morgan fingerprint density at radius 1 is 0.652 bits per heavy atom. The SMILES string of the molecule is C[C@]12CC[C@H](O[Si](C)(C)C)C[C@@H]1CC[C@@H]1[C@@H]2[C@@H](O[Si](C)(C)C)C[C@@]2(C)[C@H]1CC[C@@]2(O[Si](C)(C)C)[C@@H](CO[Si](C)(C)C)O[Si](C)(C)C. The maximum absolute atomic E-state index is 7.70. The van der Waals surface area contributed by atoms with E-state index in [9.17, 15) is 0 Å². The normalized spacial score (nSPS) is 39.8. The van der Waals surface area contributed by atoms with Crippen LogP contribution in [0.15, 0.2) is 0 Å². The second-order valence-electron chi connectivity index (χ2n) is 21.4. The Kier molecular flexibility index (Phi) is 11.3. The zero-order valence-corrected chi connectivity index (χ0v) is 38.4. The van der Waals surface area contributed by atoms with E-state index in [2.05, 4.69) is 112 Å². The predicted octanol–water partition coefficient (Wildman–Crippen LogP) is 10.7. The van der Waals surface area contributed by atoms with Crippen LogP contribution >= 0.6 is 0 Å². The summed E-state index contributed by atoms with van der Waals surface area (Å²) in [5.41, 5.74) is -0.0597. The van der Waals surface area contributed by atoms with Gasteiger partial charge in [0.25, 0.3) is 0 Å². The van der Waals surface area contributed by atoms with Gasteiger partial charge in [-0.25, -0.2) is 0 Å². The molecular weight excluding hydrogens is 653 g/mol. The lowest BCUT2D eigenvalue weighted by Gasteiger charge is -2.66. The maximum Gasteiger partial charge on any atom is 0.184 e. The average Bonchev–Trinajstić information content (AvgIpc) is 3.09. The van der Waals surface area contributed by atoms with Gasteiger partial charge < -0.3 is 22.1 Å². The van der Waals surface area contributed by atoms with Crippen molar-refractivity contribution in [1.82, 2.24) is 0 Å². The number of rotatable bonds is 12. The number of fused-ring (bicyclic) bond motifs is 5. The van der Waals surface area contributed by atoms with Gasteiger partial charge in [0.2, 0.25) is 0 Å². The Bertz CT molecular complexity index is 1060. The molecule has 46 heavy (non-hydrogen) atoms. The van der Waals surface area contributed by atoms with Crippen LogP contribution in [0.2, 0.25) is 98.2 Å². The fraction of sp³-hybridized carbons (Fsp3) is 1.00. The minimum absolute atomic E-state index is 0.0206. The van der Waals surface area contributed by atoms with E-state index in [0.29, 0.717) is 35.9 Å². The van der Waals surface area contributed by atoms with Crippen molar-refractivity contribution in [2.45, 2.75) is 187 Å². The highest BCUT2D eigenvalue weighted by atomic mass is 28.4. The maximum atomic E-state index is 7.70. The van der Waals surface area contributed by atoms with Crippen LogP contribution in [0, 0.1) is 34.5 Å². The molecule has 4 aliphatic rings. The highest BCUT2D eigenvalue weighted by molar-refractivity contribution is 6.71. The van der Waals surface area contributed by atoms with E-state index in [4.69, 9.17) is 22.1 Å². The van der Waals surface area contributed by atoms with Crippen molar-refractivity contribution in [2.75, 3.05) is 6.61 Å². The molecule has 0 saturated heterocycles. The molecule has 10 atom stereocenters. The molecule has 4 aliphatic carbocycles. The van der Waals surface area contributed by atoms with Crippen molar-refractivity contribution in [3.63, 3.8) is 0 Å². The van der Waals surface area contributed by atoms with Gasteiger partial charge in [0.05, 0.1) is 18.3 Å². The molecule has 4 rings (SSSR count). The second kappa shape index (κ2) is 13.1. The molecule has 0 spiro atoms. The second-order valence-corrected chi connectivity index (χ2v) is 43.7. The molecule has 0 bridgehead atoms. The van der Waals surface area contributed by atoms with E-state index in [1.54, 1.807) is 0 Å². The number of hydrogen-bond acceptors (Lipinski definition) is 5. The summed E-state index contributed by atoms with van der Waals surface area (Å²) < 4.78 is 36.0. The van der Waals surface area contributed by atoms with Crippen LogP contribution in [0.25, 0.3) is 0 Å². The van der Waals surface area contributed by atoms with Gasteiger partial charge in [-0.05, 0) is 179 Å². The third kappa shape index (κ3) is 8.84. The molecule has 0 heterocycles. The Balaban J connectivity index is 1.80. The van der Waals surface area contributed by atoms with Crippen LogP contribution in [0.1, 0.15) is 65.2 Å². The zero-order valence-electron chi connectivity index (χ0n) is 33.4. The molecule has 0 unspecified atom stereocenters. The Morgan fingerprint density at radius 2 is 1.26 bits per heavy atom. The summed E-state index contributed by atoms with van der Waals surface area (Å²) in [5, 5.41) is 0. The van der Waals surface area contributed by atoms with Crippen LogP contribution in [0.5, 0.6) is 0 Å². The lowest BCUT2D eigenvalue weighted by atomic mass is 9.43. The molecule has 0 N–H and O–H groups in total. The molecule has 0 aromatic carbocycles. The molecule has 0 amide bonds. The first-order chi connectivity index (χ1) is 20.6. The Morgan fingerprint density at radius 3 is 1.78 bits per heavy atom. The van der Waals surface area contributed by atoms with Gasteiger partial charge in [-0.2, -0.15) is 0 Å². The minimum Gasteiger partial charge on any atom is -0.415 e. The zero-order chi connectivity index (χ0) is 34.9. The lowest BCUT2D eigenvalue weighted by Crippen LogP contribution is -2.68. The van der Waals surface area contributed by atoms with Gasteiger partial charge in [0.15, 0.2) is 41.6 Å². The van der Waals surface area contributed by atoms with Crippen LogP contribution in [0.3, 0.4) is 0 Å². The standard InChI is InChI=1S/C36H76O5Si5/c1-34-22-20-28(38-43(6,7)8)24-27(34)18-19-29-30-21-23-36(41-46(15,16)17,32(40-45(12,13)14)26-37-42(3,4)5)35(30,2)25-31(33(29)34)39-44(9,10)11/h27-33H,18-26H2,1-17H3/t27-,28-,29-,30-,31-,32+,33+,34-,35-,36+/m0/s1. The molecule has 0 radical (unpaired) electrons. The summed E-state index contributed by atoms with van der Waals surface area (Å²) in [6, 6.07) is 0. The summed E-state index contributed by atoms with van der Waals surface area (Å²) in [7, 11) is -9.03. The summed E-state index contributed by atoms with van der Waals surface area (Å²) in [5.74, 6) is 2.65. The number of hydrogen-bond donors (Lipinski definition) is 0. The van der Waals surface area contributed by atoms with Crippen LogP contribution < -0.4 is 0 Å². The minimum atomic E-state index is -1.97. The molecule has 270 valence electrons. The smallest absolute Gasteiger partial charge is 0.184 e. The van der Waals surface area contributed by atoms with Crippen molar-refractivity contribution >= 4 is 41.6 Å². The van der Waals surface area contributed by atoms with Crippen molar-refractivity contribution in [2.24, 2.45) is 34.5 Å². The van der Waals surface area contributed by atoms with Crippen LogP contribution in [-0.4, -0.2) is 72.1 Å². The summed E-state index contributed by atoms with van der Waals surface area (Å²) in [4.78, 5) is 0. The molecule has 0 aromatic heterocycles. The van der Waals surface area contributed by atoms with E-state index in [0.717, 1.165) is 18.8 Å².